The van der Waals surface area contributed by atoms with Crippen molar-refractivity contribution in [3.63, 3.8) is 0 Å². The van der Waals surface area contributed by atoms with Crippen molar-refractivity contribution in [3.8, 4) is 5.75 Å². The number of fused-ring (bicyclic) bond motifs is 1. The van der Waals surface area contributed by atoms with Gasteiger partial charge in [-0.05, 0) is 42.7 Å². The van der Waals surface area contributed by atoms with Crippen LogP contribution in [0.3, 0.4) is 0 Å². The Morgan fingerprint density at radius 1 is 1.23 bits per heavy atom. The smallest absolute Gasteiger partial charge is 0.263 e. The zero-order valence-corrected chi connectivity index (χ0v) is 15.2. The normalized spacial score (nSPS) is 16.2. The van der Waals surface area contributed by atoms with Crippen molar-refractivity contribution in [1.29, 1.82) is 0 Å². The lowest BCUT2D eigenvalue weighted by Crippen LogP contribution is -2.50. The molecule has 4 nitrogen and oxygen atoms in total. The number of ether oxygens (including phenoxy) is 1. The number of nitrogens with zero attached hydrogens (tertiary/aromatic N) is 1. The molecule has 1 amide bonds. The highest BCUT2D eigenvalue weighted by atomic mass is 19.1. The Morgan fingerprint density at radius 2 is 2.00 bits per heavy atom. The van der Waals surface area contributed by atoms with Crippen molar-refractivity contribution in [1.82, 2.24) is 5.32 Å². The predicted molar refractivity (Wildman–Crippen MR) is 101 cm³/mol. The maximum Gasteiger partial charge on any atom is 0.263 e. The van der Waals surface area contributed by atoms with Crippen LogP contribution in [-0.2, 0) is 11.3 Å². The van der Waals surface area contributed by atoms with Crippen LogP contribution in [0.15, 0.2) is 48.5 Å². The van der Waals surface area contributed by atoms with E-state index >= 15 is 0 Å². The van der Waals surface area contributed by atoms with Gasteiger partial charge >= 0.3 is 0 Å². The summed E-state index contributed by atoms with van der Waals surface area (Å²) >= 11 is 0. The number of amides is 1. The number of rotatable bonds is 6. The minimum atomic E-state index is -0.584. The van der Waals surface area contributed by atoms with Gasteiger partial charge in [0.05, 0.1) is 12.2 Å². The number of carbonyl (C=O) groups excluding carboxylic acids is 1. The van der Waals surface area contributed by atoms with Gasteiger partial charge in [0.2, 0.25) is 0 Å². The molecular weight excluding hydrogens is 331 g/mol. The molecule has 5 heteroatoms. The first kappa shape index (κ1) is 18.2. The molecule has 0 aliphatic carbocycles. The molecule has 1 N–H and O–H groups in total. The lowest BCUT2D eigenvalue weighted by molar-refractivity contribution is -0.128. The van der Waals surface area contributed by atoms with Crippen LogP contribution in [0, 0.1) is 5.82 Å². The number of hydrogen-bond donors (Lipinski definition) is 1. The summed E-state index contributed by atoms with van der Waals surface area (Å²) in [6.07, 6.45) is 1.19. The molecule has 1 aliphatic rings. The molecule has 138 valence electrons. The number of benzene rings is 2. The first-order chi connectivity index (χ1) is 12.6. The molecule has 2 aromatic rings. The molecule has 26 heavy (non-hydrogen) atoms. The third-order valence-electron chi connectivity index (χ3n) is 4.75. The molecule has 0 fully saturated rings. The number of hydrogen-bond acceptors (Lipinski definition) is 3. The molecule has 0 saturated carbocycles. The van der Waals surface area contributed by atoms with E-state index in [1.807, 2.05) is 30.3 Å². The first-order valence-corrected chi connectivity index (χ1v) is 9.16. The van der Waals surface area contributed by atoms with Crippen molar-refractivity contribution in [2.24, 2.45) is 0 Å². The highest BCUT2D eigenvalue weighted by Crippen LogP contribution is 2.34. The molecule has 0 spiro atoms. The largest absolute Gasteiger partial charge is 0.477 e. The number of nitrogens with one attached hydrogen (secondary N) is 1. The number of halogens is 1. The molecule has 0 aromatic heterocycles. The van der Waals surface area contributed by atoms with Crippen LogP contribution in [0.4, 0.5) is 10.1 Å². The summed E-state index contributed by atoms with van der Waals surface area (Å²) in [7, 11) is 0. The zero-order chi connectivity index (χ0) is 18.5. The highest BCUT2D eigenvalue weighted by Gasteiger charge is 2.31. The van der Waals surface area contributed by atoms with E-state index in [1.165, 1.54) is 12.1 Å². The van der Waals surface area contributed by atoms with Crippen molar-refractivity contribution in [2.75, 3.05) is 11.4 Å². The monoisotopic (exact) mass is 356 g/mol. The Balaban J connectivity index is 1.81. The minimum Gasteiger partial charge on any atom is -0.477 e. The summed E-state index contributed by atoms with van der Waals surface area (Å²) in [4.78, 5) is 14.7. The average molecular weight is 356 g/mol. The van der Waals surface area contributed by atoms with Gasteiger partial charge in [-0.1, -0.05) is 38.1 Å². The van der Waals surface area contributed by atoms with Crippen LogP contribution < -0.4 is 15.0 Å². The van der Waals surface area contributed by atoms with Crippen molar-refractivity contribution < 1.29 is 13.9 Å². The van der Waals surface area contributed by atoms with Gasteiger partial charge in [0.25, 0.3) is 5.91 Å². The quantitative estimate of drug-likeness (QED) is 0.854. The van der Waals surface area contributed by atoms with E-state index in [0.717, 1.165) is 24.1 Å². The van der Waals surface area contributed by atoms with Crippen LogP contribution >= 0.6 is 0 Å². The number of para-hydroxylation sites is 2. The SMILES string of the molecule is CCC(CC)NC(=O)C1CN(Cc2cccc(F)c2)c2ccccc2O1. The van der Waals surface area contributed by atoms with Gasteiger partial charge in [-0.25, -0.2) is 4.39 Å². The van der Waals surface area contributed by atoms with E-state index < -0.39 is 6.10 Å². The number of carbonyl (C=O) groups is 1. The third kappa shape index (κ3) is 4.15. The Kier molecular flexibility index (Phi) is 5.76. The maximum atomic E-state index is 13.5. The van der Waals surface area contributed by atoms with Crippen molar-refractivity contribution >= 4 is 11.6 Å². The highest BCUT2D eigenvalue weighted by molar-refractivity contribution is 5.83. The van der Waals surface area contributed by atoms with Crippen LogP contribution in [0.1, 0.15) is 32.3 Å². The molecule has 1 aliphatic heterocycles. The minimum absolute atomic E-state index is 0.0996. The fraction of sp³-hybridized carbons (Fsp3) is 0.381. The third-order valence-corrected chi connectivity index (χ3v) is 4.75. The van der Waals surface area contributed by atoms with Crippen LogP contribution in [0.25, 0.3) is 0 Å². The first-order valence-electron chi connectivity index (χ1n) is 9.16. The predicted octanol–water partition coefficient (Wildman–Crippen LogP) is 3.90. The molecule has 1 heterocycles. The fourth-order valence-corrected chi connectivity index (χ4v) is 3.24. The standard InChI is InChI=1S/C21H25FN2O2/c1-3-17(4-2)23-21(25)20-14-24(13-15-8-7-9-16(22)12-15)18-10-5-6-11-19(18)26-20/h5-12,17,20H,3-4,13-14H2,1-2H3,(H,23,25). The summed E-state index contributed by atoms with van der Waals surface area (Å²) < 4.78 is 19.5. The second-order valence-electron chi connectivity index (χ2n) is 6.61. The molecular formula is C21H25FN2O2. The molecule has 2 aromatic carbocycles. The van der Waals surface area contributed by atoms with E-state index in [2.05, 4.69) is 24.1 Å². The summed E-state index contributed by atoms with van der Waals surface area (Å²) in [5, 5.41) is 3.06. The van der Waals surface area contributed by atoms with Crippen LogP contribution in [0.5, 0.6) is 5.75 Å². The molecule has 1 unspecified atom stereocenters. The molecule has 0 saturated heterocycles. The van der Waals surface area contributed by atoms with Crippen molar-refractivity contribution in [3.05, 3.63) is 59.9 Å². The Labute approximate surface area is 154 Å². The molecule has 3 rings (SSSR count). The molecule has 0 radical (unpaired) electrons. The Bertz CT molecular complexity index is 761. The second-order valence-corrected chi connectivity index (χ2v) is 6.61. The van der Waals surface area contributed by atoms with Gasteiger partial charge in [0.15, 0.2) is 6.10 Å². The summed E-state index contributed by atoms with van der Waals surface area (Å²) in [6, 6.07) is 14.4. The Morgan fingerprint density at radius 3 is 2.73 bits per heavy atom. The summed E-state index contributed by atoms with van der Waals surface area (Å²) in [5.41, 5.74) is 1.78. The van der Waals surface area contributed by atoms with E-state index in [9.17, 15) is 9.18 Å². The Hall–Kier alpha value is -2.56. The van der Waals surface area contributed by atoms with E-state index in [4.69, 9.17) is 4.74 Å². The van der Waals surface area contributed by atoms with Gasteiger partial charge in [0.1, 0.15) is 11.6 Å². The van der Waals surface area contributed by atoms with Gasteiger partial charge in [-0.2, -0.15) is 0 Å². The van der Waals surface area contributed by atoms with Gasteiger partial charge < -0.3 is 15.0 Å². The van der Waals surface area contributed by atoms with E-state index in [1.54, 1.807) is 6.07 Å². The summed E-state index contributed by atoms with van der Waals surface area (Å²) in [5.74, 6) is 0.323. The van der Waals surface area contributed by atoms with Gasteiger partial charge in [-0.3, -0.25) is 4.79 Å². The summed E-state index contributed by atoms with van der Waals surface area (Å²) in [6.45, 7) is 5.07. The van der Waals surface area contributed by atoms with Gasteiger partial charge in [-0.15, -0.1) is 0 Å². The second kappa shape index (κ2) is 8.21. The van der Waals surface area contributed by atoms with Gasteiger partial charge in [0, 0.05) is 12.6 Å². The molecule has 1 atom stereocenters. The van der Waals surface area contributed by atoms with E-state index in [0.29, 0.717) is 18.8 Å². The van der Waals surface area contributed by atoms with Crippen LogP contribution in [0.2, 0.25) is 0 Å². The number of anilines is 1. The fourth-order valence-electron chi connectivity index (χ4n) is 3.24. The maximum absolute atomic E-state index is 13.5. The average Bonchev–Trinajstić information content (AvgIpc) is 2.65. The van der Waals surface area contributed by atoms with E-state index in [-0.39, 0.29) is 17.8 Å². The lowest BCUT2D eigenvalue weighted by Gasteiger charge is -2.36. The molecule has 0 bridgehead atoms. The van der Waals surface area contributed by atoms with Crippen LogP contribution in [-0.4, -0.2) is 24.6 Å². The zero-order valence-electron chi connectivity index (χ0n) is 15.2. The topological polar surface area (TPSA) is 41.6 Å². The lowest BCUT2D eigenvalue weighted by atomic mass is 10.1. The van der Waals surface area contributed by atoms with Crippen molar-refractivity contribution in [2.45, 2.75) is 45.4 Å².